The molecule has 8 aromatic rings. The lowest BCUT2D eigenvalue weighted by molar-refractivity contribution is 1.07. The molecule has 0 aliphatic rings. The summed E-state index contributed by atoms with van der Waals surface area (Å²) < 4.78 is 2.30. The number of hydrogen-bond acceptors (Lipinski definition) is 5. The summed E-state index contributed by atoms with van der Waals surface area (Å²) in [5.41, 5.74) is 6.51. The van der Waals surface area contributed by atoms with Crippen LogP contribution in [0.5, 0.6) is 0 Å². The minimum atomic E-state index is 0.654. The van der Waals surface area contributed by atoms with Gasteiger partial charge in [0.25, 0.3) is 0 Å². The van der Waals surface area contributed by atoms with E-state index in [1.807, 2.05) is 97.1 Å². The van der Waals surface area contributed by atoms with Crippen LogP contribution in [0.2, 0.25) is 0 Å². The Hall–Kier alpha value is -5.17. The molecule has 0 saturated heterocycles. The molecule has 0 amide bonds. The summed E-state index contributed by atoms with van der Waals surface area (Å²) in [4.78, 5) is 15.9. The van der Waals surface area contributed by atoms with E-state index in [1.165, 1.54) is 27.5 Å². The number of aromatic nitrogens is 4. The second-order valence-corrected chi connectivity index (χ2v) is 11.5. The van der Waals surface area contributed by atoms with E-state index in [2.05, 4.69) is 105 Å². The van der Waals surface area contributed by atoms with Crippen LogP contribution >= 0.6 is 25.3 Å². The van der Waals surface area contributed by atoms with Crippen LogP contribution < -0.4 is 0 Å². The maximum Gasteiger partial charge on any atom is 0.164 e. The van der Waals surface area contributed by atoms with Crippen molar-refractivity contribution in [2.75, 3.05) is 0 Å². The van der Waals surface area contributed by atoms with Crippen molar-refractivity contribution in [3.63, 3.8) is 0 Å². The number of benzene rings is 6. The maximum absolute atomic E-state index is 4.68. The van der Waals surface area contributed by atoms with Gasteiger partial charge in [-0.25, -0.2) is 15.0 Å². The van der Waals surface area contributed by atoms with Crippen molar-refractivity contribution >= 4 is 47.1 Å². The van der Waals surface area contributed by atoms with Crippen LogP contribution in [0, 0.1) is 0 Å². The van der Waals surface area contributed by atoms with Gasteiger partial charge in [0.05, 0.1) is 11.0 Å². The molecule has 0 atom stereocenters. The molecule has 4 nitrogen and oxygen atoms in total. The monoisotopic (exact) mass is 616 g/mol. The fraction of sp³-hybridized carbons (Fsp3) is 0. The highest BCUT2D eigenvalue weighted by molar-refractivity contribution is 7.80. The van der Waals surface area contributed by atoms with E-state index in [4.69, 9.17) is 0 Å². The van der Waals surface area contributed by atoms with Crippen molar-refractivity contribution in [3.8, 4) is 39.9 Å². The van der Waals surface area contributed by atoms with Crippen molar-refractivity contribution in [1.29, 1.82) is 0 Å². The third-order valence-corrected chi connectivity index (χ3v) is 8.11. The fourth-order valence-electron chi connectivity index (χ4n) is 5.35. The van der Waals surface area contributed by atoms with Crippen LogP contribution in [0.15, 0.2) is 168 Å². The van der Waals surface area contributed by atoms with Gasteiger partial charge in [-0.15, -0.1) is 25.3 Å². The normalized spacial score (nSPS) is 10.9. The molecule has 8 rings (SSSR count). The standard InChI is InChI=1S/C21H15N3S.C18H13NS/c25-18-13-11-17(12-14-18)21-23-19(15-7-3-1-4-8-15)22-20(24-21)16-9-5-2-6-10-16;20-14-11-9-13(10-12-14)19-17-7-3-1-5-15(17)16-6-2-4-8-18(16)19/h1-14,25H;1-12,20H. The van der Waals surface area contributed by atoms with Crippen LogP contribution in [0.3, 0.4) is 0 Å². The zero-order chi connectivity index (χ0) is 30.6. The van der Waals surface area contributed by atoms with E-state index in [-0.39, 0.29) is 0 Å². The first-order valence-corrected chi connectivity index (χ1v) is 15.5. The molecule has 2 aromatic heterocycles. The third kappa shape index (κ3) is 6.11. The summed E-state index contributed by atoms with van der Waals surface area (Å²) in [6, 6.07) is 53.1. The first-order valence-electron chi connectivity index (χ1n) is 14.6. The second-order valence-electron chi connectivity index (χ2n) is 10.5. The fourth-order valence-corrected chi connectivity index (χ4v) is 5.65. The third-order valence-electron chi connectivity index (χ3n) is 7.51. The van der Waals surface area contributed by atoms with Crippen molar-refractivity contribution < 1.29 is 0 Å². The highest BCUT2D eigenvalue weighted by Crippen LogP contribution is 2.32. The van der Waals surface area contributed by atoms with Gasteiger partial charge in [-0.3, -0.25) is 0 Å². The quantitative estimate of drug-likeness (QED) is 0.193. The average molecular weight is 617 g/mol. The van der Waals surface area contributed by atoms with Crippen LogP contribution in [0.1, 0.15) is 0 Å². The number of thiol groups is 2. The number of fused-ring (bicyclic) bond motifs is 3. The summed E-state index contributed by atoms with van der Waals surface area (Å²) in [5.74, 6) is 1.99. The number of nitrogens with zero attached hydrogens (tertiary/aromatic N) is 4. The summed E-state index contributed by atoms with van der Waals surface area (Å²) in [6.45, 7) is 0. The maximum atomic E-state index is 4.68. The second kappa shape index (κ2) is 12.8. The highest BCUT2D eigenvalue weighted by Gasteiger charge is 2.12. The topological polar surface area (TPSA) is 43.6 Å². The Morgan fingerprint density at radius 3 is 1.16 bits per heavy atom. The Morgan fingerprint density at radius 1 is 0.356 bits per heavy atom. The molecule has 0 spiro atoms. The van der Waals surface area contributed by atoms with Crippen molar-refractivity contribution in [2.24, 2.45) is 0 Å². The summed E-state index contributed by atoms with van der Waals surface area (Å²) >= 11 is 8.71. The molecular formula is C39H28N4S2. The molecule has 0 aliphatic heterocycles. The van der Waals surface area contributed by atoms with E-state index in [0.717, 1.165) is 26.5 Å². The summed E-state index contributed by atoms with van der Waals surface area (Å²) in [6.07, 6.45) is 0. The van der Waals surface area contributed by atoms with Gasteiger partial charge in [0.1, 0.15) is 0 Å². The van der Waals surface area contributed by atoms with Crippen LogP contribution in [0.25, 0.3) is 61.7 Å². The predicted molar refractivity (Wildman–Crippen MR) is 191 cm³/mol. The Morgan fingerprint density at radius 2 is 0.711 bits per heavy atom. The lowest BCUT2D eigenvalue weighted by atomic mass is 10.1. The average Bonchev–Trinajstić information content (AvgIpc) is 3.44. The van der Waals surface area contributed by atoms with Gasteiger partial charge in [0, 0.05) is 42.9 Å². The van der Waals surface area contributed by atoms with Gasteiger partial charge in [0.2, 0.25) is 0 Å². The van der Waals surface area contributed by atoms with E-state index in [9.17, 15) is 0 Å². The first-order chi connectivity index (χ1) is 22.1. The van der Waals surface area contributed by atoms with Crippen molar-refractivity contribution in [3.05, 3.63) is 158 Å². The smallest absolute Gasteiger partial charge is 0.164 e. The van der Waals surface area contributed by atoms with Crippen molar-refractivity contribution in [1.82, 2.24) is 19.5 Å². The summed E-state index contributed by atoms with van der Waals surface area (Å²) in [7, 11) is 0. The molecule has 0 fully saturated rings. The largest absolute Gasteiger partial charge is 0.309 e. The van der Waals surface area contributed by atoms with E-state index < -0.39 is 0 Å². The Balaban J connectivity index is 0.000000148. The van der Waals surface area contributed by atoms with Gasteiger partial charge in [-0.2, -0.15) is 0 Å². The van der Waals surface area contributed by atoms with E-state index in [1.54, 1.807) is 0 Å². The van der Waals surface area contributed by atoms with Gasteiger partial charge in [-0.1, -0.05) is 109 Å². The molecule has 0 aliphatic carbocycles. The molecule has 0 N–H and O–H groups in total. The molecular weight excluding hydrogens is 589 g/mol. The van der Waals surface area contributed by atoms with Gasteiger partial charge >= 0.3 is 0 Å². The molecule has 2 heterocycles. The highest BCUT2D eigenvalue weighted by atomic mass is 32.1. The molecule has 0 bridgehead atoms. The molecule has 216 valence electrons. The molecule has 0 unspecified atom stereocenters. The predicted octanol–water partition coefficient (Wildman–Crippen LogP) is 10.2. The lowest BCUT2D eigenvalue weighted by Crippen LogP contribution is -1.99. The molecule has 0 saturated carbocycles. The Labute approximate surface area is 272 Å². The number of rotatable bonds is 4. The summed E-state index contributed by atoms with van der Waals surface area (Å²) in [5, 5.41) is 2.58. The van der Waals surface area contributed by atoms with Crippen molar-refractivity contribution in [2.45, 2.75) is 9.79 Å². The number of hydrogen-bond donors (Lipinski definition) is 2. The van der Waals surface area contributed by atoms with Gasteiger partial charge in [0.15, 0.2) is 17.5 Å². The SMILES string of the molecule is Sc1ccc(-c2nc(-c3ccccc3)nc(-c3ccccc3)n2)cc1.Sc1ccc(-n2c3ccccc3c3ccccc32)cc1. The van der Waals surface area contributed by atoms with Crippen LogP contribution in [0.4, 0.5) is 0 Å². The van der Waals surface area contributed by atoms with Crippen LogP contribution in [-0.4, -0.2) is 19.5 Å². The molecule has 6 aromatic carbocycles. The van der Waals surface area contributed by atoms with Crippen LogP contribution in [-0.2, 0) is 0 Å². The molecule has 0 radical (unpaired) electrons. The zero-order valence-electron chi connectivity index (χ0n) is 24.2. The lowest BCUT2D eigenvalue weighted by Gasteiger charge is -2.08. The van der Waals surface area contributed by atoms with Gasteiger partial charge in [-0.05, 0) is 48.5 Å². The first kappa shape index (κ1) is 28.6. The molecule has 6 heteroatoms. The number of para-hydroxylation sites is 2. The molecule has 45 heavy (non-hydrogen) atoms. The zero-order valence-corrected chi connectivity index (χ0v) is 26.0. The Kier molecular flexibility index (Phi) is 8.15. The van der Waals surface area contributed by atoms with E-state index in [0.29, 0.717) is 17.5 Å². The van der Waals surface area contributed by atoms with Gasteiger partial charge < -0.3 is 4.57 Å². The Bertz CT molecular complexity index is 2100. The van der Waals surface area contributed by atoms with E-state index >= 15 is 0 Å². The minimum absolute atomic E-state index is 0.654. The minimum Gasteiger partial charge on any atom is -0.309 e.